The molecule has 0 spiro atoms. The van der Waals surface area contributed by atoms with E-state index in [1.54, 1.807) is 30.6 Å². The number of carbonyl (C=O) groups excluding carboxylic acids is 2. The van der Waals surface area contributed by atoms with E-state index in [0.717, 1.165) is 5.56 Å². The number of carbonyl (C=O) groups is 2. The van der Waals surface area contributed by atoms with Crippen molar-refractivity contribution >= 4 is 17.4 Å². The lowest BCUT2D eigenvalue weighted by molar-refractivity contribution is -0.140. The molecule has 1 aliphatic rings. The minimum Gasteiger partial charge on any atom is -0.507 e. The van der Waals surface area contributed by atoms with Gasteiger partial charge in [-0.1, -0.05) is 32.9 Å². The third kappa shape index (κ3) is 5.30. The molecule has 1 aromatic carbocycles. The number of likely N-dealkylation sites (tertiary alicyclic amines) is 1. The Balaban J connectivity index is 2.12. The number of hydrogen-bond acceptors (Lipinski definition) is 6. The van der Waals surface area contributed by atoms with Crippen LogP contribution in [0.25, 0.3) is 5.76 Å². The third-order valence-electron chi connectivity index (χ3n) is 5.86. The fourth-order valence-electron chi connectivity index (χ4n) is 4.05. The number of aromatic nitrogens is 1. The molecule has 1 unspecified atom stereocenters. The number of ether oxygens (including phenoxy) is 2. The first-order valence-electron chi connectivity index (χ1n) is 11.5. The van der Waals surface area contributed by atoms with Gasteiger partial charge in [0.1, 0.15) is 11.5 Å². The molecule has 1 N–H and O–H groups in total. The summed E-state index contributed by atoms with van der Waals surface area (Å²) in [6.07, 6.45) is 3.88. The second kappa shape index (κ2) is 10.4. The van der Waals surface area contributed by atoms with Crippen LogP contribution in [0.2, 0.25) is 0 Å². The number of nitrogens with zero attached hydrogens (tertiary/aromatic N) is 2. The van der Waals surface area contributed by atoms with Gasteiger partial charge in [0.15, 0.2) is 0 Å². The molecule has 34 heavy (non-hydrogen) atoms. The van der Waals surface area contributed by atoms with Gasteiger partial charge in [-0.2, -0.15) is 0 Å². The highest BCUT2D eigenvalue weighted by atomic mass is 16.5. The van der Waals surface area contributed by atoms with Crippen LogP contribution < -0.4 is 4.74 Å². The molecule has 1 aliphatic heterocycles. The van der Waals surface area contributed by atoms with Crippen LogP contribution in [0.5, 0.6) is 5.75 Å². The first-order valence-corrected chi connectivity index (χ1v) is 11.5. The van der Waals surface area contributed by atoms with Crippen molar-refractivity contribution in [3.63, 3.8) is 0 Å². The number of benzene rings is 1. The predicted octanol–water partition coefficient (Wildman–Crippen LogP) is 4.62. The van der Waals surface area contributed by atoms with Crippen LogP contribution >= 0.6 is 0 Å². The fraction of sp³-hybridized carbons (Fsp3) is 0.444. The molecule has 0 radical (unpaired) electrons. The minimum atomic E-state index is -0.754. The largest absolute Gasteiger partial charge is 0.507 e. The summed E-state index contributed by atoms with van der Waals surface area (Å²) in [5.74, 6) is -1.20. The molecule has 182 valence electrons. The Hall–Kier alpha value is -3.19. The molecule has 1 aromatic heterocycles. The number of hydrogen-bond donors (Lipinski definition) is 1. The van der Waals surface area contributed by atoms with Crippen LogP contribution in [0, 0.1) is 0 Å². The summed E-state index contributed by atoms with van der Waals surface area (Å²) in [7, 11) is 1.51. The average molecular weight is 467 g/mol. The summed E-state index contributed by atoms with van der Waals surface area (Å²) in [6.45, 7) is 10.8. The standard InChI is InChI=1S/C27H34N2O5/c1-17(2)34-14-8-13-29-23(18-9-7-12-28-16-18)22(25(31)26(29)32)24(30)20-15-19(27(3,4)5)10-11-21(20)33-6/h7,9-12,15-17,23,30H,8,13-14H2,1-6H3/b24-22+. The van der Waals surface area contributed by atoms with Crippen LogP contribution in [0.15, 0.2) is 48.3 Å². The fourth-order valence-corrected chi connectivity index (χ4v) is 4.05. The Morgan fingerprint density at radius 2 is 1.94 bits per heavy atom. The monoisotopic (exact) mass is 466 g/mol. The average Bonchev–Trinajstić information content (AvgIpc) is 3.05. The maximum atomic E-state index is 13.2. The number of rotatable bonds is 8. The van der Waals surface area contributed by atoms with Gasteiger partial charge in [-0.3, -0.25) is 14.6 Å². The Morgan fingerprint density at radius 3 is 2.53 bits per heavy atom. The summed E-state index contributed by atoms with van der Waals surface area (Å²) in [5.41, 5.74) is 1.84. The Labute approximate surface area is 201 Å². The predicted molar refractivity (Wildman–Crippen MR) is 131 cm³/mol. The van der Waals surface area contributed by atoms with Crippen molar-refractivity contribution in [2.24, 2.45) is 0 Å². The number of aliphatic hydroxyl groups is 1. The van der Waals surface area contributed by atoms with Gasteiger partial charge < -0.3 is 19.5 Å². The molecule has 3 rings (SSSR count). The highest BCUT2D eigenvalue weighted by molar-refractivity contribution is 6.46. The number of pyridine rings is 1. The minimum absolute atomic E-state index is 0.0344. The van der Waals surface area contributed by atoms with Crippen molar-refractivity contribution in [3.05, 3.63) is 65.0 Å². The van der Waals surface area contributed by atoms with Gasteiger partial charge >= 0.3 is 0 Å². The van der Waals surface area contributed by atoms with E-state index in [9.17, 15) is 14.7 Å². The molecular weight excluding hydrogens is 432 g/mol. The van der Waals surface area contributed by atoms with Gasteiger partial charge in [0.05, 0.1) is 30.4 Å². The first-order chi connectivity index (χ1) is 16.1. The number of methoxy groups -OCH3 is 1. The number of Topliss-reactive ketones (excluding diaryl/α,β-unsaturated/α-hetero) is 1. The Kier molecular flexibility index (Phi) is 7.77. The smallest absolute Gasteiger partial charge is 0.295 e. The molecule has 1 atom stereocenters. The maximum Gasteiger partial charge on any atom is 0.295 e. The molecule has 0 aliphatic carbocycles. The van der Waals surface area contributed by atoms with Crippen molar-refractivity contribution in [2.45, 2.75) is 58.6 Å². The number of amides is 1. The van der Waals surface area contributed by atoms with E-state index >= 15 is 0 Å². The topological polar surface area (TPSA) is 89.0 Å². The molecular formula is C27H34N2O5. The quantitative estimate of drug-likeness (QED) is 0.264. The maximum absolute atomic E-state index is 13.2. The second-order valence-electron chi connectivity index (χ2n) is 9.72. The van der Waals surface area contributed by atoms with Crippen LogP contribution in [0.1, 0.15) is 63.8 Å². The van der Waals surface area contributed by atoms with Crippen molar-refractivity contribution in [1.82, 2.24) is 9.88 Å². The van der Waals surface area contributed by atoms with Crippen LogP contribution in [0.3, 0.4) is 0 Å². The summed E-state index contributed by atoms with van der Waals surface area (Å²) in [5, 5.41) is 11.5. The first kappa shape index (κ1) is 25.4. The molecule has 2 aromatic rings. The highest BCUT2D eigenvalue weighted by Crippen LogP contribution is 2.41. The molecule has 0 bridgehead atoms. The SMILES string of the molecule is COc1ccc(C(C)(C)C)cc1/C(O)=C1\C(=O)C(=O)N(CCCOC(C)C)C1c1cccnc1. The molecule has 7 heteroatoms. The number of ketones is 1. The summed E-state index contributed by atoms with van der Waals surface area (Å²) in [6, 6.07) is 8.32. The second-order valence-corrected chi connectivity index (χ2v) is 9.72. The van der Waals surface area contributed by atoms with E-state index in [2.05, 4.69) is 25.8 Å². The van der Waals surface area contributed by atoms with Gasteiger partial charge in [0.2, 0.25) is 0 Å². The van der Waals surface area contributed by atoms with E-state index in [0.29, 0.717) is 36.4 Å². The van der Waals surface area contributed by atoms with E-state index in [1.165, 1.54) is 12.0 Å². The zero-order chi connectivity index (χ0) is 25.0. The van der Waals surface area contributed by atoms with Crippen molar-refractivity contribution < 1.29 is 24.2 Å². The third-order valence-corrected chi connectivity index (χ3v) is 5.86. The van der Waals surface area contributed by atoms with Crippen LogP contribution in [-0.2, 0) is 19.7 Å². The van der Waals surface area contributed by atoms with Crippen molar-refractivity contribution in [3.8, 4) is 5.75 Å². The van der Waals surface area contributed by atoms with E-state index in [1.807, 2.05) is 26.0 Å². The lowest BCUT2D eigenvalue weighted by Crippen LogP contribution is -2.31. The molecule has 1 fully saturated rings. The number of aliphatic hydroxyl groups excluding tert-OH is 1. The molecule has 1 amide bonds. The van der Waals surface area contributed by atoms with E-state index in [4.69, 9.17) is 9.47 Å². The van der Waals surface area contributed by atoms with Gasteiger partial charge in [-0.15, -0.1) is 0 Å². The van der Waals surface area contributed by atoms with E-state index in [-0.39, 0.29) is 22.9 Å². The Bertz CT molecular complexity index is 1070. The summed E-state index contributed by atoms with van der Waals surface area (Å²) in [4.78, 5) is 32.0. The van der Waals surface area contributed by atoms with Gasteiger partial charge in [0, 0.05) is 25.5 Å². The molecule has 2 heterocycles. The van der Waals surface area contributed by atoms with Crippen LogP contribution in [0.4, 0.5) is 0 Å². The summed E-state index contributed by atoms with van der Waals surface area (Å²) >= 11 is 0. The molecule has 1 saturated heterocycles. The highest BCUT2D eigenvalue weighted by Gasteiger charge is 2.46. The molecule has 7 nitrogen and oxygen atoms in total. The van der Waals surface area contributed by atoms with Crippen molar-refractivity contribution in [1.29, 1.82) is 0 Å². The normalized spacial score (nSPS) is 18.1. The van der Waals surface area contributed by atoms with Crippen LogP contribution in [-0.4, -0.2) is 53.0 Å². The van der Waals surface area contributed by atoms with Gasteiger partial charge in [-0.25, -0.2) is 0 Å². The molecule has 0 saturated carbocycles. The van der Waals surface area contributed by atoms with E-state index < -0.39 is 17.7 Å². The lowest BCUT2D eigenvalue weighted by Gasteiger charge is -2.25. The zero-order valence-electron chi connectivity index (χ0n) is 20.8. The zero-order valence-corrected chi connectivity index (χ0v) is 20.8. The van der Waals surface area contributed by atoms with Gasteiger partial charge in [0.25, 0.3) is 11.7 Å². The van der Waals surface area contributed by atoms with Crippen molar-refractivity contribution in [2.75, 3.05) is 20.3 Å². The lowest BCUT2D eigenvalue weighted by atomic mass is 9.85. The Morgan fingerprint density at radius 1 is 1.21 bits per heavy atom. The van der Waals surface area contributed by atoms with Gasteiger partial charge in [-0.05, 0) is 55.0 Å². The summed E-state index contributed by atoms with van der Waals surface area (Å²) < 4.78 is 11.1.